The molecule has 1 aromatic rings. The first-order chi connectivity index (χ1) is 11.1. The van der Waals surface area contributed by atoms with Crippen molar-refractivity contribution in [2.24, 2.45) is 10.7 Å². The fraction of sp³-hybridized carbons (Fsp3) is 0.333. The molecule has 4 N–H and O–H groups in total. The van der Waals surface area contributed by atoms with Crippen molar-refractivity contribution in [1.29, 1.82) is 0 Å². The molecule has 0 spiro atoms. The number of carbonyl (C=O) groups is 3. The first kappa shape index (κ1) is 18.9. The molecule has 9 nitrogen and oxygen atoms in total. The van der Waals surface area contributed by atoms with Gasteiger partial charge in [-0.1, -0.05) is 0 Å². The molecule has 2 amide bonds. The van der Waals surface area contributed by atoms with E-state index in [0.717, 1.165) is 0 Å². The molecule has 0 aliphatic carbocycles. The Morgan fingerprint density at radius 2 is 1.71 bits per heavy atom. The molecule has 1 aromatic carbocycles. The summed E-state index contributed by atoms with van der Waals surface area (Å²) in [6.45, 7) is 5.76. The molecule has 1 rings (SSSR count). The van der Waals surface area contributed by atoms with E-state index < -0.39 is 18.0 Å². The molecular weight excluding hydrogens is 316 g/mol. The number of anilines is 1. The van der Waals surface area contributed by atoms with Gasteiger partial charge in [-0.3, -0.25) is 19.9 Å². The van der Waals surface area contributed by atoms with Crippen molar-refractivity contribution in [1.82, 2.24) is 5.32 Å². The Labute approximate surface area is 139 Å². The van der Waals surface area contributed by atoms with Gasteiger partial charge in [0.1, 0.15) is 0 Å². The summed E-state index contributed by atoms with van der Waals surface area (Å²) in [4.78, 5) is 38.1. The van der Waals surface area contributed by atoms with Gasteiger partial charge in [0.05, 0.1) is 5.69 Å². The van der Waals surface area contributed by atoms with E-state index >= 15 is 0 Å². The quantitative estimate of drug-likeness (QED) is 0.329. The maximum atomic E-state index is 11.9. The molecule has 24 heavy (non-hydrogen) atoms. The van der Waals surface area contributed by atoms with Crippen molar-refractivity contribution >= 4 is 29.6 Å². The van der Waals surface area contributed by atoms with Gasteiger partial charge >= 0.3 is 18.0 Å². The number of aliphatic imine (C=N–C) groups is 1. The Morgan fingerprint density at radius 3 is 2.21 bits per heavy atom. The summed E-state index contributed by atoms with van der Waals surface area (Å²) in [5, 5.41) is 4.92. The lowest BCUT2D eigenvalue weighted by atomic mass is 10.1. The van der Waals surface area contributed by atoms with Crippen LogP contribution in [0.2, 0.25) is 0 Å². The van der Waals surface area contributed by atoms with Crippen molar-refractivity contribution in [3.05, 3.63) is 17.2 Å². The van der Waals surface area contributed by atoms with Crippen LogP contribution in [-0.2, 0) is 9.59 Å². The van der Waals surface area contributed by atoms with Crippen LogP contribution < -0.4 is 25.8 Å². The number of guanidine groups is 1. The average molecular weight is 336 g/mol. The molecule has 0 fully saturated rings. The lowest BCUT2D eigenvalue weighted by Gasteiger charge is -2.18. The summed E-state index contributed by atoms with van der Waals surface area (Å²) >= 11 is 0. The van der Waals surface area contributed by atoms with Crippen molar-refractivity contribution in [3.63, 3.8) is 0 Å². The van der Waals surface area contributed by atoms with Gasteiger partial charge in [0.15, 0.2) is 17.5 Å². The van der Waals surface area contributed by atoms with Crippen molar-refractivity contribution in [3.8, 4) is 11.5 Å². The summed E-state index contributed by atoms with van der Waals surface area (Å²) in [5.74, 6) is -1.07. The Bertz CT molecular complexity index is 712. The maximum absolute atomic E-state index is 11.9. The molecule has 0 aliphatic rings. The number of amides is 2. The lowest BCUT2D eigenvalue weighted by Crippen LogP contribution is -2.39. The number of hydrogen-bond donors (Lipinski definition) is 3. The highest BCUT2D eigenvalue weighted by atomic mass is 16.6. The molecule has 0 aromatic heterocycles. The van der Waals surface area contributed by atoms with Gasteiger partial charge in [0.2, 0.25) is 0 Å². The molecule has 0 saturated heterocycles. The summed E-state index contributed by atoms with van der Waals surface area (Å²) in [6, 6.07) is 0.873. The molecule has 0 atom stereocenters. The van der Waals surface area contributed by atoms with E-state index in [1.165, 1.54) is 27.0 Å². The smallest absolute Gasteiger partial charge is 0.326 e. The Hall–Kier alpha value is -3.10. The molecule has 0 saturated carbocycles. The first-order valence-electron chi connectivity index (χ1n) is 6.97. The second-order valence-corrected chi connectivity index (χ2v) is 4.90. The van der Waals surface area contributed by atoms with E-state index in [1.807, 2.05) is 0 Å². The number of rotatable bonds is 3. The molecule has 0 aliphatic heterocycles. The number of aryl methyl sites for hydroxylation is 1. The Kier molecular flexibility index (Phi) is 6.28. The first-order valence-corrected chi connectivity index (χ1v) is 6.97. The summed E-state index contributed by atoms with van der Waals surface area (Å²) in [6.07, 6.45) is 0. The van der Waals surface area contributed by atoms with E-state index in [2.05, 4.69) is 15.6 Å². The minimum atomic E-state index is -0.613. The van der Waals surface area contributed by atoms with Gasteiger partial charge in [-0.25, -0.2) is 4.79 Å². The van der Waals surface area contributed by atoms with Crippen LogP contribution in [0.4, 0.5) is 10.5 Å². The zero-order valence-electron chi connectivity index (χ0n) is 14.1. The minimum absolute atomic E-state index is 0.0516. The molecule has 130 valence electrons. The number of nitrogens with zero attached hydrogens (tertiary/aromatic N) is 1. The van der Waals surface area contributed by atoms with Crippen LogP contribution in [0.1, 0.15) is 25.0 Å². The summed E-state index contributed by atoms with van der Waals surface area (Å²) < 4.78 is 10.2. The Morgan fingerprint density at radius 1 is 1.12 bits per heavy atom. The second kappa shape index (κ2) is 7.95. The highest BCUT2D eigenvalue weighted by molar-refractivity contribution is 6.02. The van der Waals surface area contributed by atoms with Crippen molar-refractivity contribution in [2.75, 3.05) is 12.4 Å². The molecule has 0 radical (unpaired) electrons. The van der Waals surface area contributed by atoms with Crippen molar-refractivity contribution in [2.45, 2.75) is 27.7 Å². The van der Waals surface area contributed by atoms with Crippen LogP contribution in [0, 0.1) is 13.8 Å². The average Bonchev–Trinajstić information content (AvgIpc) is 2.46. The predicted octanol–water partition coefficient (Wildman–Crippen LogP) is 1.22. The number of urea groups is 1. The van der Waals surface area contributed by atoms with Gasteiger partial charge in [0, 0.05) is 26.5 Å². The van der Waals surface area contributed by atoms with Crippen LogP contribution >= 0.6 is 0 Å². The highest BCUT2D eigenvalue weighted by Crippen LogP contribution is 2.38. The van der Waals surface area contributed by atoms with E-state index in [4.69, 9.17) is 15.2 Å². The van der Waals surface area contributed by atoms with Gasteiger partial charge in [-0.2, -0.15) is 0 Å². The number of hydrogen-bond acceptors (Lipinski definition) is 6. The van der Waals surface area contributed by atoms with E-state index in [9.17, 15) is 14.4 Å². The number of benzene rings is 1. The monoisotopic (exact) mass is 336 g/mol. The molecular formula is C15H20N4O5. The summed E-state index contributed by atoms with van der Waals surface area (Å²) in [7, 11) is 1.43. The number of nitrogens with two attached hydrogens (primary N) is 1. The van der Waals surface area contributed by atoms with Gasteiger partial charge < -0.3 is 20.5 Å². The van der Waals surface area contributed by atoms with Crippen LogP contribution in [0.15, 0.2) is 11.1 Å². The molecule has 0 heterocycles. The third-order valence-electron chi connectivity index (χ3n) is 2.90. The predicted molar refractivity (Wildman–Crippen MR) is 88.2 cm³/mol. The minimum Gasteiger partial charge on any atom is -0.423 e. The van der Waals surface area contributed by atoms with Gasteiger partial charge in [0.25, 0.3) is 0 Å². The Balaban J connectivity index is 3.28. The normalized spacial score (nSPS) is 10.8. The van der Waals surface area contributed by atoms with Crippen LogP contribution in [-0.4, -0.2) is 31.0 Å². The van der Waals surface area contributed by atoms with Crippen LogP contribution in [0.5, 0.6) is 11.5 Å². The summed E-state index contributed by atoms with van der Waals surface area (Å²) in [5.41, 5.74) is 6.84. The van der Waals surface area contributed by atoms with Crippen LogP contribution in [0.25, 0.3) is 0 Å². The largest absolute Gasteiger partial charge is 0.423 e. The second-order valence-electron chi connectivity index (χ2n) is 4.90. The topological polar surface area (TPSA) is 132 Å². The number of ether oxygens (including phenoxy) is 2. The van der Waals surface area contributed by atoms with Crippen molar-refractivity contribution < 1.29 is 23.9 Å². The number of esters is 2. The number of nitrogens with one attached hydrogen (secondary N) is 2. The van der Waals surface area contributed by atoms with Gasteiger partial charge in [-0.15, -0.1) is 0 Å². The third kappa shape index (κ3) is 4.97. The zero-order valence-corrected chi connectivity index (χ0v) is 14.1. The molecule has 9 heteroatoms. The van der Waals surface area contributed by atoms with E-state index in [-0.39, 0.29) is 17.5 Å². The highest BCUT2D eigenvalue weighted by Gasteiger charge is 2.20. The SMILES string of the molecule is CN=C(N)NC(=O)Nc1c(C)cc(OC(C)=O)c(OC(C)=O)c1C. The maximum Gasteiger partial charge on any atom is 0.326 e. The van der Waals surface area contributed by atoms with Crippen LogP contribution in [0.3, 0.4) is 0 Å². The fourth-order valence-corrected chi connectivity index (χ4v) is 1.94. The molecule has 0 unspecified atom stereocenters. The number of carbonyl (C=O) groups excluding carboxylic acids is 3. The third-order valence-corrected chi connectivity index (χ3v) is 2.90. The zero-order chi connectivity index (χ0) is 18.4. The van der Waals surface area contributed by atoms with E-state index in [0.29, 0.717) is 16.8 Å². The van der Waals surface area contributed by atoms with Gasteiger partial charge in [-0.05, 0) is 25.5 Å². The fourth-order valence-electron chi connectivity index (χ4n) is 1.94. The van der Waals surface area contributed by atoms with E-state index in [1.54, 1.807) is 13.8 Å². The standard InChI is InChI=1S/C15H20N4O5/c1-7-6-11(23-9(3)20)13(24-10(4)21)8(2)12(7)18-15(22)19-14(16)17-5/h6H,1-5H3,(H4,16,17,18,19,22). The lowest BCUT2D eigenvalue weighted by molar-refractivity contribution is -0.134. The molecule has 0 bridgehead atoms.